The van der Waals surface area contributed by atoms with Gasteiger partial charge in [-0.15, -0.1) is 0 Å². The lowest BCUT2D eigenvalue weighted by atomic mass is 10.1. The van der Waals surface area contributed by atoms with Gasteiger partial charge in [-0.2, -0.15) is 0 Å². The molecule has 3 aromatic rings. The second kappa shape index (κ2) is 4.53. The first kappa shape index (κ1) is 11.3. The van der Waals surface area contributed by atoms with Crippen LogP contribution in [0.4, 0.5) is 0 Å². The molecule has 1 heteroatoms. The fourth-order valence-corrected chi connectivity index (χ4v) is 2.87. The fourth-order valence-electron chi connectivity index (χ4n) is 2.87. The molecule has 0 atom stereocenters. The molecule has 3 aromatic carbocycles. The Morgan fingerprint density at radius 1 is 0.550 bits per heavy atom. The molecule has 0 aliphatic heterocycles. The van der Waals surface area contributed by atoms with Gasteiger partial charge in [0.2, 0.25) is 0 Å². The van der Waals surface area contributed by atoms with Crippen LogP contribution in [0.3, 0.4) is 0 Å². The van der Waals surface area contributed by atoms with E-state index in [0.717, 1.165) is 5.75 Å². The molecule has 1 aliphatic rings. The standard InChI is InChI=1S/C19H14O/c1-2-8-14(9-3-1)20-19-17-12-6-4-10-15(17)16-11-5-7-13-18(16)19/h1-13,19H. The van der Waals surface area contributed by atoms with Crippen molar-refractivity contribution in [3.8, 4) is 16.9 Å². The summed E-state index contributed by atoms with van der Waals surface area (Å²) in [6.45, 7) is 0. The minimum absolute atomic E-state index is 0.00944. The molecule has 0 saturated carbocycles. The maximum Gasteiger partial charge on any atom is 0.150 e. The van der Waals surface area contributed by atoms with E-state index in [9.17, 15) is 0 Å². The SMILES string of the molecule is c1ccc(OC2c3ccccc3-c3ccccc32)cc1. The Balaban J connectivity index is 1.83. The maximum absolute atomic E-state index is 6.23. The van der Waals surface area contributed by atoms with Crippen LogP contribution in [0.1, 0.15) is 17.2 Å². The molecule has 0 N–H and O–H groups in total. The highest BCUT2D eigenvalue weighted by molar-refractivity contribution is 5.78. The van der Waals surface area contributed by atoms with Crippen molar-refractivity contribution in [1.29, 1.82) is 0 Å². The first-order valence-electron chi connectivity index (χ1n) is 6.83. The monoisotopic (exact) mass is 258 g/mol. The summed E-state index contributed by atoms with van der Waals surface area (Å²) < 4.78 is 6.23. The molecule has 96 valence electrons. The fraction of sp³-hybridized carbons (Fsp3) is 0.0526. The van der Waals surface area contributed by atoms with E-state index in [0.29, 0.717) is 0 Å². The zero-order valence-corrected chi connectivity index (χ0v) is 11.0. The first-order valence-corrected chi connectivity index (χ1v) is 6.83. The molecule has 0 heterocycles. The minimum Gasteiger partial charge on any atom is -0.481 e. The molecule has 0 saturated heterocycles. The zero-order valence-electron chi connectivity index (χ0n) is 11.0. The van der Waals surface area contributed by atoms with Gasteiger partial charge in [0.1, 0.15) is 5.75 Å². The second-order valence-corrected chi connectivity index (χ2v) is 4.99. The Morgan fingerprint density at radius 2 is 1.05 bits per heavy atom. The smallest absolute Gasteiger partial charge is 0.150 e. The molecule has 0 aromatic heterocycles. The average molecular weight is 258 g/mol. The molecule has 4 rings (SSSR count). The lowest BCUT2D eigenvalue weighted by Crippen LogP contribution is -2.05. The molecule has 0 fully saturated rings. The van der Waals surface area contributed by atoms with Crippen LogP contribution in [-0.4, -0.2) is 0 Å². The summed E-state index contributed by atoms with van der Waals surface area (Å²) in [6, 6.07) is 27.0. The lowest BCUT2D eigenvalue weighted by molar-refractivity contribution is 0.252. The van der Waals surface area contributed by atoms with Crippen molar-refractivity contribution in [3.05, 3.63) is 90.0 Å². The molecule has 0 unspecified atom stereocenters. The molecule has 0 radical (unpaired) electrons. The van der Waals surface area contributed by atoms with Crippen molar-refractivity contribution in [2.75, 3.05) is 0 Å². The van der Waals surface area contributed by atoms with Crippen LogP contribution < -0.4 is 4.74 Å². The van der Waals surface area contributed by atoms with E-state index in [4.69, 9.17) is 4.74 Å². The predicted molar refractivity (Wildman–Crippen MR) is 80.8 cm³/mol. The largest absolute Gasteiger partial charge is 0.481 e. The summed E-state index contributed by atoms with van der Waals surface area (Å²) in [7, 11) is 0. The van der Waals surface area contributed by atoms with Crippen molar-refractivity contribution in [3.63, 3.8) is 0 Å². The highest BCUT2D eigenvalue weighted by atomic mass is 16.5. The summed E-state index contributed by atoms with van der Waals surface area (Å²) in [4.78, 5) is 0. The van der Waals surface area contributed by atoms with E-state index in [2.05, 4.69) is 48.5 Å². The number of fused-ring (bicyclic) bond motifs is 3. The molecule has 1 aliphatic carbocycles. The first-order chi connectivity index (χ1) is 9.93. The Hall–Kier alpha value is -2.54. The van der Waals surface area contributed by atoms with E-state index < -0.39 is 0 Å². The van der Waals surface area contributed by atoms with Gasteiger partial charge in [0.25, 0.3) is 0 Å². The Morgan fingerprint density at radius 3 is 1.65 bits per heavy atom. The van der Waals surface area contributed by atoms with Gasteiger partial charge in [0.05, 0.1) is 0 Å². The van der Waals surface area contributed by atoms with Gasteiger partial charge >= 0.3 is 0 Å². The number of ether oxygens (including phenoxy) is 1. The molecular weight excluding hydrogens is 244 g/mol. The van der Waals surface area contributed by atoms with Gasteiger partial charge in [-0.3, -0.25) is 0 Å². The zero-order chi connectivity index (χ0) is 13.4. The van der Waals surface area contributed by atoms with E-state index in [1.807, 2.05) is 30.3 Å². The van der Waals surface area contributed by atoms with Crippen molar-refractivity contribution in [1.82, 2.24) is 0 Å². The summed E-state index contributed by atoms with van der Waals surface area (Å²) in [5.41, 5.74) is 5.06. The molecule has 0 amide bonds. The summed E-state index contributed by atoms with van der Waals surface area (Å²) in [6.07, 6.45) is -0.00944. The van der Waals surface area contributed by atoms with Gasteiger partial charge in [-0.25, -0.2) is 0 Å². The third kappa shape index (κ3) is 1.71. The van der Waals surface area contributed by atoms with Crippen LogP contribution in [0.2, 0.25) is 0 Å². The number of hydrogen-bond donors (Lipinski definition) is 0. The Labute approximate surface area is 118 Å². The summed E-state index contributed by atoms with van der Waals surface area (Å²) in [5, 5.41) is 0. The Bertz CT molecular complexity index is 701. The van der Waals surface area contributed by atoms with E-state index >= 15 is 0 Å². The van der Waals surface area contributed by atoms with E-state index in [1.165, 1.54) is 22.3 Å². The summed E-state index contributed by atoms with van der Waals surface area (Å²) >= 11 is 0. The van der Waals surface area contributed by atoms with Crippen LogP contribution in [0, 0.1) is 0 Å². The van der Waals surface area contributed by atoms with E-state index in [-0.39, 0.29) is 6.10 Å². The van der Waals surface area contributed by atoms with E-state index in [1.54, 1.807) is 0 Å². The number of rotatable bonds is 2. The van der Waals surface area contributed by atoms with Crippen molar-refractivity contribution >= 4 is 0 Å². The average Bonchev–Trinajstić information content (AvgIpc) is 2.84. The number of hydrogen-bond acceptors (Lipinski definition) is 1. The quantitative estimate of drug-likeness (QED) is 0.639. The maximum atomic E-state index is 6.23. The van der Waals surface area contributed by atoms with Gasteiger partial charge < -0.3 is 4.74 Å². The van der Waals surface area contributed by atoms with Crippen LogP contribution in [0.25, 0.3) is 11.1 Å². The van der Waals surface area contributed by atoms with Gasteiger partial charge in [0, 0.05) is 11.1 Å². The topological polar surface area (TPSA) is 9.23 Å². The third-order valence-corrected chi connectivity index (χ3v) is 3.77. The normalized spacial score (nSPS) is 12.8. The number of para-hydroxylation sites is 1. The second-order valence-electron chi connectivity index (χ2n) is 4.99. The van der Waals surface area contributed by atoms with Crippen LogP contribution in [0.15, 0.2) is 78.9 Å². The highest BCUT2D eigenvalue weighted by Crippen LogP contribution is 2.45. The van der Waals surface area contributed by atoms with Gasteiger partial charge in [0.15, 0.2) is 6.10 Å². The van der Waals surface area contributed by atoms with Crippen molar-refractivity contribution in [2.45, 2.75) is 6.10 Å². The van der Waals surface area contributed by atoms with Gasteiger partial charge in [-0.05, 0) is 23.3 Å². The molecule has 0 spiro atoms. The van der Waals surface area contributed by atoms with Crippen LogP contribution in [-0.2, 0) is 0 Å². The number of benzene rings is 3. The molecule has 0 bridgehead atoms. The predicted octanol–water partition coefficient (Wildman–Crippen LogP) is 4.84. The summed E-state index contributed by atoms with van der Waals surface area (Å²) in [5.74, 6) is 0.906. The van der Waals surface area contributed by atoms with Crippen LogP contribution >= 0.6 is 0 Å². The highest BCUT2D eigenvalue weighted by Gasteiger charge is 2.29. The molecule has 20 heavy (non-hydrogen) atoms. The van der Waals surface area contributed by atoms with Crippen molar-refractivity contribution in [2.24, 2.45) is 0 Å². The Kier molecular flexibility index (Phi) is 2.56. The van der Waals surface area contributed by atoms with Crippen LogP contribution in [0.5, 0.6) is 5.75 Å². The van der Waals surface area contributed by atoms with Crippen molar-refractivity contribution < 1.29 is 4.74 Å². The molecular formula is C19H14O. The minimum atomic E-state index is -0.00944. The third-order valence-electron chi connectivity index (χ3n) is 3.77. The van der Waals surface area contributed by atoms with Gasteiger partial charge in [-0.1, -0.05) is 66.7 Å². The lowest BCUT2D eigenvalue weighted by Gasteiger charge is -2.16. The molecule has 1 nitrogen and oxygen atoms in total.